The molecule has 1 aromatic heterocycles. The van der Waals surface area contributed by atoms with Gasteiger partial charge >= 0.3 is 0 Å². The molecule has 7 heteroatoms. The highest BCUT2D eigenvalue weighted by molar-refractivity contribution is 9.10. The molecule has 0 saturated heterocycles. The number of nitrogens with one attached hydrogen (secondary N) is 2. The van der Waals surface area contributed by atoms with E-state index in [1.807, 2.05) is 24.3 Å². The van der Waals surface area contributed by atoms with Crippen LogP contribution in [0.2, 0.25) is 0 Å². The number of rotatable bonds is 4. The number of carbonyl (C=O) groups is 1. The molecule has 2 N–H and O–H groups in total. The van der Waals surface area contributed by atoms with E-state index >= 15 is 0 Å². The average molecular weight is 387 g/mol. The van der Waals surface area contributed by atoms with Crippen LogP contribution in [0.3, 0.4) is 0 Å². The monoisotopic (exact) mass is 386 g/mol. The Morgan fingerprint density at radius 1 is 0.917 bits per heavy atom. The van der Waals surface area contributed by atoms with Crippen LogP contribution in [-0.4, -0.2) is 15.9 Å². The summed E-state index contributed by atoms with van der Waals surface area (Å²) in [5.41, 5.74) is 1.64. The van der Waals surface area contributed by atoms with Crippen molar-refractivity contribution in [2.75, 3.05) is 10.6 Å². The summed E-state index contributed by atoms with van der Waals surface area (Å²) in [6.45, 7) is 0. The van der Waals surface area contributed by atoms with Gasteiger partial charge in [0.15, 0.2) is 0 Å². The standard InChI is InChI=1S/C17H12BrFN4O/c18-12-1-5-15(6-2-12)23-17-20-9-11(10-21-17)16(24)22-14-7-3-13(19)4-8-14/h1-10H,(H,22,24)(H,20,21,23). The van der Waals surface area contributed by atoms with Crippen molar-refractivity contribution in [3.05, 3.63) is 76.8 Å². The maximum Gasteiger partial charge on any atom is 0.258 e. The molecule has 3 rings (SSSR count). The molecular formula is C17H12BrFN4O. The number of amides is 1. The van der Waals surface area contributed by atoms with Crippen molar-refractivity contribution < 1.29 is 9.18 Å². The highest BCUT2D eigenvalue weighted by Crippen LogP contribution is 2.17. The molecule has 1 heterocycles. The van der Waals surface area contributed by atoms with Crippen LogP contribution in [0.25, 0.3) is 0 Å². The number of anilines is 3. The van der Waals surface area contributed by atoms with E-state index in [9.17, 15) is 9.18 Å². The molecule has 120 valence electrons. The quantitative estimate of drug-likeness (QED) is 0.698. The second kappa shape index (κ2) is 7.18. The maximum atomic E-state index is 12.9. The average Bonchev–Trinajstić information content (AvgIpc) is 2.59. The van der Waals surface area contributed by atoms with Crippen molar-refractivity contribution in [1.29, 1.82) is 0 Å². The second-order valence-electron chi connectivity index (χ2n) is 4.89. The third-order valence-electron chi connectivity index (χ3n) is 3.12. The Hall–Kier alpha value is -2.80. The summed E-state index contributed by atoms with van der Waals surface area (Å²) in [4.78, 5) is 20.3. The van der Waals surface area contributed by atoms with Crippen LogP contribution in [0, 0.1) is 5.82 Å². The van der Waals surface area contributed by atoms with E-state index in [0.29, 0.717) is 17.2 Å². The van der Waals surface area contributed by atoms with Gasteiger partial charge in [-0.15, -0.1) is 0 Å². The number of hydrogen-bond acceptors (Lipinski definition) is 4. The van der Waals surface area contributed by atoms with E-state index in [-0.39, 0.29) is 11.7 Å². The summed E-state index contributed by atoms with van der Waals surface area (Å²) < 4.78 is 13.8. The first-order chi connectivity index (χ1) is 11.6. The van der Waals surface area contributed by atoms with Crippen LogP contribution in [-0.2, 0) is 0 Å². The zero-order valence-electron chi connectivity index (χ0n) is 12.3. The minimum atomic E-state index is -0.364. The molecule has 0 fully saturated rings. The van der Waals surface area contributed by atoms with Crippen LogP contribution in [0.15, 0.2) is 65.4 Å². The number of benzene rings is 2. The Labute approximate surface area is 146 Å². The van der Waals surface area contributed by atoms with Gasteiger partial charge in [-0.05, 0) is 48.5 Å². The van der Waals surface area contributed by atoms with Crippen molar-refractivity contribution in [3.8, 4) is 0 Å². The van der Waals surface area contributed by atoms with Crippen molar-refractivity contribution in [2.45, 2.75) is 0 Å². The lowest BCUT2D eigenvalue weighted by Gasteiger charge is -2.07. The lowest BCUT2D eigenvalue weighted by Crippen LogP contribution is -2.13. The van der Waals surface area contributed by atoms with Crippen LogP contribution in [0.4, 0.5) is 21.7 Å². The molecule has 5 nitrogen and oxygen atoms in total. The van der Waals surface area contributed by atoms with E-state index < -0.39 is 0 Å². The molecule has 0 spiro atoms. The largest absolute Gasteiger partial charge is 0.324 e. The predicted molar refractivity (Wildman–Crippen MR) is 93.8 cm³/mol. The molecule has 0 bridgehead atoms. The van der Waals surface area contributed by atoms with Gasteiger partial charge in [0.25, 0.3) is 5.91 Å². The Morgan fingerprint density at radius 2 is 1.50 bits per heavy atom. The molecule has 0 unspecified atom stereocenters. The fraction of sp³-hybridized carbons (Fsp3) is 0. The van der Waals surface area contributed by atoms with Gasteiger partial charge in [-0.1, -0.05) is 15.9 Å². The molecule has 1 amide bonds. The number of nitrogens with zero attached hydrogens (tertiary/aromatic N) is 2. The van der Waals surface area contributed by atoms with Gasteiger partial charge in [0.1, 0.15) is 5.82 Å². The minimum Gasteiger partial charge on any atom is -0.324 e. The van der Waals surface area contributed by atoms with Crippen molar-refractivity contribution in [2.24, 2.45) is 0 Å². The Balaban J connectivity index is 1.66. The van der Waals surface area contributed by atoms with Crippen molar-refractivity contribution in [3.63, 3.8) is 0 Å². The summed E-state index contributed by atoms with van der Waals surface area (Å²) in [7, 11) is 0. The number of hydrogen-bond donors (Lipinski definition) is 2. The molecule has 0 aliphatic carbocycles. The first kappa shape index (κ1) is 16.1. The van der Waals surface area contributed by atoms with Crippen molar-refractivity contribution in [1.82, 2.24) is 9.97 Å². The lowest BCUT2D eigenvalue weighted by molar-refractivity contribution is 0.102. The second-order valence-corrected chi connectivity index (χ2v) is 5.80. The van der Waals surface area contributed by atoms with E-state index in [0.717, 1.165) is 10.2 Å². The smallest absolute Gasteiger partial charge is 0.258 e. The van der Waals surface area contributed by atoms with Crippen LogP contribution < -0.4 is 10.6 Å². The Bertz CT molecular complexity index is 836. The van der Waals surface area contributed by atoms with Gasteiger partial charge in [-0.3, -0.25) is 4.79 Å². The molecule has 0 radical (unpaired) electrons. The number of halogens is 2. The minimum absolute atomic E-state index is 0.306. The molecule has 0 atom stereocenters. The van der Waals surface area contributed by atoms with E-state index in [1.165, 1.54) is 36.7 Å². The zero-order valence-corrected chi connectivity index (χ0v) is 13.9. The van der Waals surface area contributed by atoms with Gasteiger partial charge in [-0.2, -0.15) is 0 Å². The summed E-state index contributed by atoms with van der Waals surface area (Å²) in [5, 5.41) is 5.69. The van der Waals surface area contributed by atoms with E-state index in [2.05, 4.69) is 36.5 Å². The first-order valence-corrected chi connectivity index (χ1v) is 7.81. The van der Waals surface area contributed by atoms with Gasteiger partial charge in [0, 0.05) is 28.2 Å². The first-order valence-electron chi connectivity index (χ1n) is 7.02. The van der Waals surface area contributed by atoms with Gasteiger partial charge < -0.3 is 10.6 Å². The molecule has 0 aliphatic heterocycles. The third kappa shape index (κ3) is 4.14. The molecule has 3 aromatic rings. The molecule has 2 aromatic carbocycles. The SMILES string of the molecule is O=C(Nc1ccc(F)cc1)c1cnc(Nc2ccc(Br)cc2)nc1. The molecule has 0 saturated carbocycles. The highest BCUT2D eigenvalue weighted by Gasteiger charge is 2.08. The zero-order chi connectivity index (χ0) is 16.9. The Kier molecular flexibility index (Phi) is 4.81. The number of aromatic nitrogens is 2. The topological polar surface area (TPSA) is 66.9 Å². The van der Waals surface area contributed by atoms with Gasteiger partial charge in [-0.25, -0.2) is 14.4 Å². The summed E-state index contributed by atoms with van der Waals surface area (Å²) in [6.07, 6.45) is 2.85. The lowest BCUT2D eigenvalue weighted by atomic mass is 10.2. The van der Waals surface area contributed by atoms with Crippen LogP contribution in [0.1, 0.15) is 10.4 Å². The summed E-state index contributed by atoms with van der Waals surface area (Å²) >= 11 is 3.36. The molecular weight excluding hydrogens is 375 g/mol. The highest BCUT2D eigenvalue weighted by atomic mass is 79.9. The van der Waals surface area contributed by atoms with E-state index in [1.54, 1.807) is 0 Å². The fourth-order valence-electron chi connectivity index (χ4n) is 1.91. The molecule has 24 heavy (non-hydrogen) atoms. The summed E-state index contributed by atoms with van der Waals surface area (Å²) in [5.74, 6) is -0.341. The van der Waals surface area contributed by atoms with Gasteiger partial charge in [0.2, 0.25) is 5.95 Å². The van der Waals surface area contributed by atoms with Crippen LogP contribution >= 0.6 is 15.9 Å². The number of carbonyl (C=O) groups excluding carboxylic acids is 1. The summed E-state index contributed by atoms with van der Waals surface area (Å²) in [6, 6.07) is 13.1. The van der Waals surface area contributed by atoms with Crippen LogP contribution in [0.5, 0.6) is 0 Å². The third-order valence-corrected chi connectivity index (χ3v) is 3.65. The van der Waals surface area contributed by atoms with Crippen molar-refractivity contribution >= 4 is 39.2 Å². The van der Waals surface area contributed by atoms with Gasteiger partial charge in [0.05, 0.1) is 5.56 Å². The van der Waals surface area contributed by atoms with E-state index in [4.69, 9.17) is 0 Å². The Morgan fingerprint density at radius 3 is 2.12 bits per heavy atom. The molecule has 0 aliphatic rings. The normalized spacial score (nSPS) is 10.2. The maximum absolute atomic E-state index is 12.9. The fourth-order valence-corrected chi connectivity index (χ4v) is 2.17. The predicted octanol–water partition coefficient (Wildman–Crippen LogP) is 4.37.